The van der Waals surface area contributed by atoms with Crippen LogP contribution in [0.3, 0.4) is 0 Å². The maximum Gasteiger partial charge on any atom is 0.216 e. The summed E-state index contributed by atoms with van der Waals surface area (Å²) < 4.78 is 8.97. The molecule has 6 rings (SSSR count). The molecule has 0 aliphatic carbocycles. The van der Waals surface area contributed by atoms with Gasteiger partial charge in [0.25, 0.3) is 0 Å². The van der Waals surface area contributed by atoms with Crippen molar-refractivity contribution in [2.24, 2.45) is 7.05 Å². The van der Waals surface area contributed by atoms with Gasteiger partial charge in [0.15, 0.2) is 6.20 Å². The number of furan rings is 1. The van der Waals surface area contributed by atoms with E-state index in [4.69, 9.17) is 4.42 Å². The van der Waals surface area contributed by atoms with Gasteiger partial charge in [-0.15, -0.1) is 0 Å². The van der Waals surface area contributed by atoms with Gasteiger partial charge in [-0.1, -0.05) is 94.4 Å². The lowest BCUT2D eigenvalue weighted by molar-refractivity contribution is -0.660. The maximum atomic E-state index is 10.1. The Bertz CT molecular complexity index is 1950. The summed E-state index contributed by atoms with van der Waals surface area (Å²) in [5.41, 5.74) is 11.0. The molecule has 0 amide bonds. The molecular weight excluding hydrogens is 500 g/mol. The van der Waals surface area contributed by atoms with Gasteiger partial charge in [-0.3, -0.25) is 0 Å². The van der Waals surface area contributed by atoms with Gasteiger partial charge in [-0.2, -0.15) is 5.26 Å². The van der Waals surface area contributed by atoms with Crippen LogP contribution in [0.1, 0.15) is 61.4 Å². The first kappa shape index (κ1) is 26.5. The van der Waals surface area contributed by atoms with Crippen LogP contribution in [-0.4, -0.2) is 0 Å². The Kier molecular flexibility index (Phi) is 6.51. The zero-order valence-corrected chi connectivity index (χ0v) is 24.6. The van der Waals surface area contributed by atoms with E-state index >= 15 is 0 Å². The van der Waals surface area contributed by atoms with E-state index in [9.17, 15) is 5.26 Å². The van der Waals surface area contributed by atoms with Crippen LogP contribution in [0.15, 0.2) is 102 Å². The Balaban J connectivity index is 1.56. The summed E-state index contributed by atoms with van der Waals surface area (Å²) >= 11 is 0. The molecule has 2 heterocycles. The second kappa shape index (κ2) is 10.1. The summed E-state index contributed by atoms with van der Waals surface area (Å²) in [4.78, 5) is 0. The molecule has 202 valence electrons. The summed E-state index contributed by atoms with van der Waals surface area (Å²) in [6, 6.07) is 34.3. The second-order valence-corrected chi connectivity index (χ2v) is 11.9. The van der Waals surface area contributed by atoms with Gasteiger partial charge in [0.05, 0.1) is 17.2 Å². The average Bonchev–Trinajstić information content (AvgIpc) is 3.36. The number of pyridine rings is 1. The smallest absolute Gasteiger partial charge is 0.216 e. The molecule has 6 aromatic rings. The van der Waals surface area contributed by atoms with Crippen LogP contribution >= 0.6 is 0 Å². The normalized spacial score (nSPS) is 11.9. The monoisotopic (exact) mass is 535 g/mol. The molecule has 0 aliphatic rings. The molecule has 0 spiro atoms. The maximum absolute atomic E-state index is 10.1. The van der Waals surface area contributed by atoms with E-state index in [1.54, 1.807) is 0 Å². The number of nitrogens with zero attached hydrogens (tertiary/aromatic N) is 2. The zero-order valence-electron chi connectivity index (χ0n) is 24.6. The number of fused-ring (bicyclic) bond motifs is 3. The third-order valence-electron chi connectivity index (χ3n) is 8.63. The third kappa shape index (κ3) is 4.41. The molecular formula is C38H35N2O+. The average molecular weight is 536 g/mol. The zero-order chi connectivity index (χ0) is 28.9. The lowest BCUT2D eigenvalue weighted by Crippen LogP contribution is -2.31. The van der Waals surface area contributed by atoms with Gasteiger partial charge in [0, 0.05) is 33.9 Å². The fourth-order valence-electron chi connectivity index (χ4n) is 5.97. The topological polar surface area (TPSA) is 40.8 Å². The molecule has 3 nitrogen and oxygen atoms in total. The summed E-state index contributed by atoms with van der Waals surface area (Å²) in [5, 5.41) is 12.2. The van der Waals surface area contributed by atoms with E-state index in [0.29, 0.717) is 11.5 Å². The highest BCUT2D eigenvalue weighted by Crippen LogP contribution is 2.42. The summed E-state index contributed by atoms with van der Waals surface area (Å²) in [6.45, 7) is 11.1. The van der Waals surface area contributed by atoms with Gasteiger partial charge in [-0.05, 0) is 52.8 Å². The molecule has 41 heavy (non-hydrogen) atoms. The minimum atomic E-state index is -0.143. The molecule has 2 aromatic heterocycles. The van der Waals surface area contributed by atoms with Crippen molar-refractivity contribution in [2.75, 3.05) is 0 Å². The van der Waals surface area contributed by atoms with Crippen LogP contribution in [0.2, 0.25) is 0 Å². The number of aromatic nitrogens is 1. The molecule has 4 aromatic carbocycles. The van der Waals surface area contributed by atoms with Crippen LogP contribution in [0.4, 0.5) is 0 Å². The van der Waals surface area contributed by atoms with Crippen LogP contribution in [-0.2, 0) is 12.5 Å². The molecule has 0 atom stereocenters. The number of benzene rings is 4. The Morgan fingerprint density at radius 3 is 2.07 bits per heavy atom. The minimum Gasteiger partial charge on any atom is -0.454 e. The van der Waals surface area contributed by atoms with Crippen LogP contribution in [0, 0.1) is 18.3 Å². The molecule has 0 unspecified atom stereocenters. The highest BCUT2D eigenvalue weighted by molar-refractivity contribution is 6.14. The number of aryl methyl sites for hydroxylation is 2. The predicted octanol–water partition coefficient (Wildman–Crippen LogP) is 9.37. The van der Waals surface area contributed by atoms with Gasteiger partial charge in [0.2, 0.25) is 5.69 Å². The van der Waals surface area contributed by atoms with Crippen molar-refractivity contribution in [2.45, 2.75) is 46.0 Å². The van der Waals surface area contributed by atoms with Crippen LogP contribution in [0.25, 0.3) is 44.3 Å². The van der Waals surface area contributed by atoms with Crippen LogP contribution in [0.5, 0.6) is 0 Å². The summed E-state index contributed by atoms with van der Waals surface area (Å²) in [7, 11) is 2.08. The third-order valence-corrected chi connectivity index (χ3v) is 8.63. The molecule has 0 saturated carbocycles. The molecule has 0 saturated heterocycles. The van der Waals surface area contributed by atoms with Gasteiger partial charge >= 0.3 is 0 Å². The van der Waals surface area contributed by atoms with Crippen LogP contribution < -0.4 is 4.57 Å². The number of hydrogen-bond acceptors (Lipinski definition) is 2. The van der Waals surface area contributed by atoms with Crippen molar-refractivity contribution in [1.82, 2.24) is 0 Å². The summed E-state index contributed by atoms with van der Waals surface area (Å²) in [6.07, 6.45) is 2.13. The standard InChI is InChI=1S/C38H35N2O/c1-24(2)27-20-21-40(6)33(22-27)34-25(3)12-18-31-32-19-15-28(23-39)35(37(32)41-36(31)34)26-13-16-30(17-14-26)38(4,5)29-10-8-7-9-11-29/h7-22,24H,1-6H3/q+1. The molecule has 3 heteroatoms. The molecule has 0 fully saturated rings. The number of nitriles is 1. The van der Waals surface area contributed by atoms with Gasteiger partial charge < -0.3 is 4.42 Å². The quantitative estimate of drug-likeness (QED) is 0.206. The highest BCUT2D eigenvalue weighted by Gasteiger charge is 2.25. The molecule has 0 bridgehead atoms. The Hall–Kier alpha value is -4.68. The summed E-state index contributed by atoms with van der Waals surface area (Å²) in [5.74, 6) is 0.421. The fraction of sp³-hybridized carbons (Fsp3) is 0.211. The van der Waals surface area contributed by atoms with E-state index in [-0.39, 0.29) is 5.41 Å². The number of hydrogen-bond donors (Lipinski definition) is 0. The Morgan fingerprint density at radius 2 is 1.41 bits per heavy atom. The minimum absolute atomic E-state index is 0.143. The molecule has 0 radical (unpaired) electrons. The SMILES string of the molecule is Cc1ccc2c(oc3c(-c4ccc(C(C)(C)c5ccccc5)cc4)c(C#N)ccc32)c1-c1cc(C(C)C)cc[n+]1C. The largest absolute Gasteiger partial charge is 0.454 e. The Labute approximate surface area is 242 Å². The van der Waals surface area contributed by atoms with E-state index < -0.39 is 0 Å². The molecule has 0 aliphatic heterocycles. The first-order valence-electron chi connectivity index (χ1n) is 14.3. The predicted molar refractivity (Wildman–Crippen MR) is 168 cm³/mol. The van der Waals surface area contributed by atoms with E-state index in [1.807, 2.05) is 18.2 Å². The van der Waals surface area contributed by atoms with Crippen molar-refractivity contribution in [1.29, 1.82) is 5.26 Å². The van der Waals surface area contributed by atoms with Crippen molar-refractivity contribution in [3.05, 3.63) is 125 Å². The van der Waals surface area contributed by atoms with Crippen molar-refractivity contribution < 1.29 is 8.98 Å². The number of rotatable bonds is 5. The first-order chi connectivity index (χ1) is 19.7. The lowest BCUT2D eigenvalue weighted by Gasteiger charge is -2.26. The second-order valence-electron chi connectivity index (χ2n) is 11.9. The Morgan fingerprint density at radius 1 is 0.780 bits per heavy atom. The lowest BCUT2D eigenvalue weighted by atomic mass is 9.78. The first-order valence-corrected chi connectivity index (χ1v) is 14.3. The van der Waals surface area contributed by atoms with Gasteiger partial charge in [-0.25, -0.2) is 4.57 Å². The van der Waals surface area contributed by atoms with E-state index in [2.05, 4.69) is 131 Å². The van der Waals surface area contributed by atoms with Gasteiger partial charge in [0.1, 0.15) is 18.2 Å². The van der Waals surface area contributed by atoms with E-state index in [0.717, 1.165) is 49.9 Å². The van der Waals surface area contributed by atoms with Crippen molar-refractivity contribution in [3.8, 4) is 28.5 Å². The van der Waals surface area contributed by atoms with E-state index in [1.165, 1.54) is 16.7 Å². The van der Waals surface area contributed by atoms with Crippen molar-refractivity contribution >= 4 is 21.9 Å². The molecule has 0 N–H and O–H groups in total. The van der Waals surface area contributed by atoms with Crippen molar-refractivity contribution in [3.63, 3.8) is 0 Å². The highest BCUT2D eigenvalue weighted by atomic mass is 16.3. The fourth-order valence-corrected chi connectivity index (χ4v) is 5.97.